The van der Waals surface area contributed by atoms with E-state index >= 15 is 0 Å². The van der Waals surface area contributed by atoms with Crippen molar-refractivity contribution in [2.75, 3.05) is 33.4 Å². The van der Waals surface area contributed by atoms with Crippen molar-refractivity contribution in [1.29, 1.82) is 0 Å². The summed E-state index contributed by atoms with van der Waals surface area (Å²) in [6.07, 6.45) is 0. The van der Waals surface area contributed by atoms with Crippen LogP contribution < -0.4 is 15.4 Å². The smallest absolute Gasteiger partial charge is 0.191 e. The maximum absolute atomic E-state index is 6.07. The molecule has 2 N–H and O–H groups in total. The van der Waals surface area contributed by atoms with Gasteiger partial charge >= 0.3 is 0 Å². The number of morpholine rings is 1. The van der Waals surface area contributed by atoms with Crippen LogP contribution in [0.5, 0.6) is 5.75 Å². The van der Waals surface area contributed by atoms with E-state index in [2.05, 4.69) is 61.2 Å². The highest BCUT2D eigenvalue weighted by Gasteiger charge is 2.23. The van der Waals surface area contributed by atoms with Gasteiger partial charge in [0.2, 0.25) is 0 Å². The second-order valence-corrected chi connectivity index (χ2v) is 8.14. The first kappa shape index (κ1) is 21.5. The molecule has 0 aromatic heterocycles. The Bertz CT molecular complexity index is 612. The van der Waals surface area contributed by atoms with Crippen LogP contribution in [-0.2, 0) is 11.3 Å². The number of hydrogen-bond donors (Lipinski definition) is 2. The van der Waals surface area contributed by atoms with Crippen LogP contribution in [-0.4, -0.2) is 61.9 Å². The maximum Gasteiger partial charge on any atom is 0.191 e. The van der Waals surface area contributed by atoms with Crippen LogP contribution >= 0.6 is 0 Å². The van der Waals surface area contributed by atoms with Gasteiger partial charge in [-0.25, -0.2) is 0 Å². The van der Waals surface area contributed by atoms with Gasteiger partial charge in [-0.3, -0.25) is 9.89 Å². The molecular weight excluding hydrogens is 340 g/mol. The molecule has 1 fully saturated rings. The van der Waals surface area contributed by atoms with Crippen LogP contribution in [0.1, 0.15) is 40.2 Å². The fraction of sp³-hybridized carbons (Fsp3) is 0.667. The van der Waals surface area contributed by atoms with E-state index in [9.17, 15) is 0 Å². The number of rotatable bonds is 6. The average molecular weight is 377 g/mol. The van der Waals surface area contributed by atoms with Crippen LogP contribution in [0.3, 0.4) is 0 Å². The normalized spacial score (nSPS) is 20.2. The van der Waals surface area contributed by atoms with Crippen molar-refractivity contribution in [3.63, 3.8) is 0 Å². The van der Waals surface area contributed by atoms with Crippen molar-refractivity contribution in [3.8, 4) is 5.75 Å². The molecule has 0 amide bonds. The molecule has 2 atom stereocenters. The number of nitrogens with one attached hydrogen (secondary N) is 2. The standard InChI is InChI=1S/C21H36N4O2/c1-16(25-11-12-26-15-17(25)2)13-23-20(22-6)24-14-18-9-7-8-10-19(18)27-21(3,4)5/h7-10,16-17H,11-15H2,1-6H3,(H2,22,23,24). The Morgan fingerprint density at radius 2 is 2.07 bits per heavy atom. The summed E-state index contributed by atoms with van der Waals surface area (Å²) in [6.45, 7) is 14.7. The summed E-state index contributed by atoms with van der Waals surface area (Å²) in [6, 6.07) is 9.00. The van der Waals surface area contributed by atoms with E-state index < -0.39 is 0 Å². The summed E-state index contributed by atoms with van der Waals surface area (Å²) in [5.74, 6) is 1.71. The molecule has 1 heterocycles. The number of aliphatic imine (C=N–C) groups is 1. The molecule has 1 aromatic rings. The summed E-state index contributed by atoms with van der Waals surface area (Å²) in [7, 11) is 1.80. The fourth-order valence-corrected chi connectivity index (χ4v) is 3.24. The molecule has 27 heavy (non-hydrogen) atoms. The fourth-order valence-electron chi connectivity index (χ4n) is 3.24. The minimum atomic E-state index is -0.222. The summed E-state index contributed by atoms with van der Waals surface area (Å²) in [5, 5.41) is 6.84. The van der Waals surface area contributed by atoms with Crippen molar-refractivity contribution in [1.82, 2.24) is 15.5 Å². The first-order chi connectivity index (χ1) is 12.8. The Labute approximate surface area is 164 Å². The molecule has 0 saturated carbocycles. The monoisotopic (exact) mass is 376 g/mol. The van der Waals surface area contributed by atoms with Crippen LogP contribution in [0.4, 0.5) is 0 Å². The van der Waals surface area contributed by atoms with Gasteiger partial charge in [-0.1, -0.05) is 18.2 Å². The predicted molar refractivity (Wildman–Crippen MR) is 111 cm³/mol. The first-order valence-electron chi connectivity index (χ1n) is 9.85. The Morgan fingerprint density at radius 3 is 2.74 bits per heavy atom. The van der Waals surface area contributed by atoms with E-state index in [0.29, 0.717) is 18.6 Å². The Morgan fingerprint density at radius 1 is 1.33 bits per heavy atom. The molecule has 1 aromatic carbocycles. The topological polar surface area (TPSA) is 58.1 Å². The van der Waals surface area contributed by atoms with Crippen molar-refractivity contribution >= 4 is 5.96 Å². The lowest BCUT2D eigenvalue weighted by atomic mass is 10.1. The number of hydrogen-bond acceptors (Lipinski definition) is 4. The van der Waals surface area contributed by atoms with Gasteiger partial charge in [-0.15, -0.1) is 0 Å². The summed E-state index contributed by atoms with van der Waals surface area (Å²) >= 11 is 0. The molecule has 2 rings (SSSR count). The minimum absolute atomic E-state index is 0.222. The third kappa shape index (κ3) is 7.03. The third-order valence-electron chi connectivity index (χ3n) is 4.61. The summed E-state index contributed by atoms with van der Waals surface area (Å²) < 4.78 is 11.6. The molecule has 0 spiro atoms. The van der Waals surface area contributed by atoms with Crippen LogP contribution in [0, 0.1) is 0 Å². The highest BCUT2D eigenvalue weighted by Crippen LogP contribution is 2.22. The second kappa shape index (κ2) is 9.95. The molecule has 1 saturated heterocycles. The summed E-state index contributed by atoms with van der Waals surface area (Å²) in [4.78, 5) is 6.84. The highest BCUT2D eigenvalue weighted by atomic mass is 16.5. The van der Waals surface area contributed by atoms with Gasteiger partial charge < -0.3 is 20.1 Å². The number of para-hydroxylation sites is 1. The Hall–Kier alpha value is -1.79. The van der Waals surface area contributed by atoms with Gasteiger partial charge in [-0.05, 0) is 40.7 Å². The van der Waals surface area contributed by atoms with Crippen molar-refractivity contribution in [2.24, 2.45) is 4.99 Å². The second-order valence-electron chi connectivity index (χ2n) is 8.14. The minimum Gasteiger partial charge on any atom is -0.488 e. The summed E-state index contributed by atoms with van der Waals surface area (Å²) in [5.41, 5.74) is 0.894. The molecular formula is C21H36N4O2. The SMILES string of the molecule is CN=C(NCc1ccccc1OC(C)(C)C)NCC(C)N1CCOCC1C. The Balaban J connectivity index is 1.87. The molecule has 0 aliphatic carbocycles. The highest BCUT2D eigenvalue weighted by molar-refractivity contribution is 5.79. The van der Waals surface area contributed by atoms with E-state index in [1.54, 1.807) is 7.05 Å². The van der Waals surface area contributed by atoms with Gasteiger partial charge in [0.1, 0.15) is 11.4 Å². The van der Waals surface area contributed by atoms with E-state index in [-0.39, 0.29) is 5.60 Å². The zero-order valence-electron chi connectivity index (χ0n) is 17.7. The zero-order chi connectivity index (χ0) is 19.9. The number of ether oxygens (including phenoxy) is 2. The van der Waals surface area contributed by atoms with E-state index in [1.807, 2.05) is 18.2 Å². The molecule has 0 bridgehead atoms. The lowest BCUT2D eigenvalue weighted by Gasteiger charge is -2.38. The molecule has 2 unspecified atom stereocenters. The molecule has 0 radical (unpaired) electrons. The number of benzene rings is 1. The van der Waals surface area contributed by atoms with Gasteiger partial charge in [0.05, 0.1) is 13.2 Å². The van der Waals surface area contributed by atoms with Gasteiger partial charge in [0.25, 0.3) is 0 Å². The molecule has 152 valence electrons. The number of guanidine groups is 1. The third-order valence-corrected chi connectivity index (χ3v) is 4.61. The van der Waals surface area contributed by atoms with Gasteiger partial charge in [0.15, 0.2) is 5.96 Å². The van der Waals surface area contributed by atoms with Crippen LogP contribution in [0.25, 0.3) is 0 Å². The van der Waals surface area contributed by atoms with Gasteiger partial charge in [-0.2, -0.15) is 0 Å². The van der Waals surface area contributed by atoms with E-state index in [1.165, 1.54) is 0 Å². The van der Waals surface area contributed by atoms with Crippen molar-refractivity contribution in [3.05, 3.63) is 29.8 Å². The maximum atomic E-state index is 6.07. The van der Waals surface area contributed by atoms with Crippen LogP contribution in [0.2, 0.25) is 0 Å². The van der Waals surface area contributed by atoms with Crippen molar-refractivity contribution < 1.29 is 9.47 Å². The zero-order valence-corrected chi connectivity index (χ0v) is 17.7. The van der Waals surface area contributed by atoms with Crippen molar-refractivity contribution in [2.45, 2.75) is 58.8 Å². The predicted octanol–water partition coefficient (Wildman–Crippen LogP) is 2.64. The average Bonchev–Trinajstić information content (AvgIpc) is 2.62. The van der Waals surface area contributed by atoms with E-state index in [0.717, 1.165) is 43.6 Å². The quantitative estimate of drug-likeness (QED) is 0.590. The largest absolute Gasteiger partial charge is 0.488 e. The lowest BCUT2D eigenvalue weighted by molar-refractivity contribution is -0.0174. The lowest BCUT2D eigenvalue weighted by Crippen LogP contribution is -2.52. The molecule has 1 aliphatic heterocycles. The Kier molecular flexibility index (Phi) is 7.92. The molecule has 6 nitrogen and oxygen atoms in total. The van der Waals surface area contributed by atoms with E-state index in [4.69, 9.17) is 9.47 Å². The molecule has 1 aliphatic rings. The molecule has 6 heteroatoms. The first-order valence-corrected chi connectivity index (χ1v) is 9.85. The van der Waals surface area contributed by atoms with Crippen LogP contribution in [0.15, 0.2) is 29.3 Å². The van der Waals surface area contributed by atoms with Gasteiger partial charge in [0, 0.05) is 44.3 Å². The number of nitrogens with zero attached hydrogens (tertiary/aromatic N) is 2.